The third-order valence-corrected chi connectivity index (χ3v) is 10.1. The van der Waals surface area contributed by atoms with E-state index in [1.807, 2.05) is 43.3 Å². The van der Waals surface area contributed by atoms with Crippen LogP contribution in [0.5, 0.6) is 11.5 Å². The van der Waals surface area contributed by atoms with Gasteiger partial charge >= 0.3 is 0 Å². The smallest absolute Gasteiger partial charge is 0.252 e. The van der Waals surface area contributed by atoms with Crippen molar-refractivity contribution in [2.24, 2.45) is 0 Å². The van der Waals surface area contributed by atoms with Gasteiger partial charge in [0.1, 0.15) is 30.8 Å². The lowest BCUT2D eigenvalue weighted by molar-refractivity contribution is 0.0626. The molecule has 1 N–H and O–H groups in total. The van der Waals surface area contributed by atoms with Crippen molar-refractivity contribution in [3.8, 4) is 11.5 Å². The van der Waals surface area contributed by atoms with E-state index in [0.29, 0.717) is 6.61 Å². The molecule has 0 aliphatic rings. The normalized spacial score (nSPS) is 12.2. The number of ether oxygens (including phenoxy) is 2. The van der Waals surface area contributed by atoms with Crippen LogP contribution in [-0.2, 0) is 10.8 Å². The highest BCUT2D eigenvalue weighted by molar-refractivity contribution is 6.96. The van der Waals surface area contributed by atoms with Crippen LogP contribution in [0, 0.1) is 6.92 Å². The van der Waals surface area contributed by atoms with Gasteiger partial charge in [-0.1, -0.05) is 90.5 Å². The first-order chi connectivity index (χ1) is 18.0. The average Bonchev–Trinajstić information content (AvgIpc) is 2.95. The Morgan fingerprint density at radius 3 is 1.68 bits per heavy atom. The molecule has 0 saturated carbocycles. The zero-order valence-electron chi connectivity index (χ0n) is 21.7. The number of aliphatic hydroxyl groups excluding tert-OH is 1. The molecular weight excluding hydrogens is 476 g/mol. The van der Waals surface area contributed by atoms with Crippen molar-refractivity contribution in [1.82, 2.24) is 0 Å². The standard InChI is InChI=1S/C32H36O4Si/c1-26-15-19-29(20-16-26)34-24-28(33)25-35-30-21-17-27(18-22-30)10-9-23-36-37(2,31-11-5-3-6-12-31)32-13-7-4-8-14-32/h3-8,11-22,28,33H,9-10,23-25H2,1-2H3. The fourth-order valence-corrected chi connectivity index (χ4v) is 7.09. The summed E-state index contributed by atoms with van der Waals surface area (Å²) in [4.78, 5) is 0. The Morgan fingerprint density at radius 2 is 1.16 bits per heavy atom. The van der Waals surface area contributed by atoms with Crippen molar-refractivity contribution in [3.63, 3.8) is 0 Å². The Morgan fingerprint density at radius 1 is 0.676 bits per heavy atom. The SMILES string of the molecule is Cc1ccc(OCC(O)COc2ccc(CCCO[Si](C)(c3ccccc3)c3ccccc3)cc2)cc1. The summed E-state index contributed by atoms with van der Waals surface area (Å²) >= 11 is 0. The molecule has 0 aliphatic heterocycles. The molecule has 0 fully saturated rings. The zero-order chi connectivity index (χ0) is 25.9. The maximum absolute atomic E-state index is 10.2. The highest BCUT2D eigenvalue weighted by atomic mass is 28.4. The molecule has 0 aliphatic carbocycles. The first-order valence-corrected chi connectivity index (χ1v) is 15.3. The molecule has 0 bridgehead atoms. The zero-order valence-corrected chi connectivity index (χ0v) is 22.7. The fraction of sp³-hybridized carbons (Fsp3) is 0.250. The van der Waals surface area contributed by atoms with Gasteiger partial charge in [-0.15, -0.1) is 0 Å². The molecular formula is C32H36O4Si. The molecule has 0 radical (unpaired) electrons. The molecule has 37 heavy (non-hydrogen) atoms. The van der Waals surface area contributed by atoms with E-state index in [1.54, 1.807) is 0 Å². The number of hydrogen-bond acceptors (Lipinski definition) is 4. The quantitative estimate of drug-likeness (QED) is 0.199. The van der Waals surface area contributed by atoms with Crippen LogP contribution in [0.1, 0.15) is 17.5 Å². The summed E-state index contributed by atoms with van der Waals surface area (Å²) < 4.78 is 18.0. The lowest BCUT2D eigenvalue weighted by Crippen LogP contribution is -2.58. The second kappa shape index (κ2) is 13.2. The first-order valence-electron chi connectivity index (χ1n) is 12.9. The molecule has 192 valence electrons. The van der Waals surface area contributed by atoms with Gasteiger partial charge in [-0.25, -0.2) is 0 Å². The van der Waals surface area contributed by atoms with Gasteiger partial charge in [0, 0.05) is 6.61 Å². The van der Waals surface area contributed by atoms with Gasteiger partial charge in [-0.2, -0.15) is 0 Å². The topological polar surface area (TPSA) is 47.9 Å². The highest BCUT2D eigenvalue weighted by Gasteiger charge is 2.33. The van der Waals surface area contributed by atoms with E-state index in [2.05, 4.69) is 79.3 Å². The van der Waals surface area contributed by atoms with Crippen molar-refractivity contribution in [2.45, 2.75) is 32.4 Å². The lowest BCUT2D eigenvalue weighted by atomic mass is 10.1. The van der Waals surface area contributed by atoms with Crippen LogP contribution < -0.4 is 19.8 Å². The minimum atomic E-state index is -2.26. The molecule has 0 heterocycles. The van der Waals surface area contributed by atoms with Crippen LogP contribution in [0.25, 0.3) is 0 Å². The van der Waals surface area contributed by atoms with Crippen LogP contribution in [0.15, 0.2) is 109 Å². The van der Waals surface area contributed by atoms with Crippen molar-refractivity contribution in [2.75, 3.05) is 19.8 Å². The molecule has 4 rings (SSSR count). The number of aliphatic hydroxyl groups is 1. The van der Waals surface area contributed by atoms with Gasteiger partial charge in [0.05, 0.1) is 0 Å². The Balaban J connectivity index is 1.22. The summed E-state index contributed by atoms with van der Waals surface area (Å²) in [6.07, 6.45) is 1.17. The van der Waals surface area contributed by atoms with E-state index in [0.717, 1.165) is 24.3 Å². The fourth-order valence-electron chi connectivity index (χ4n) is 4.22. The minimum absolute atomic E-state index is 0.182. The number of hydrogen-bond donors (Lipinski definition) is 1. The maximum Gasteiger partial charge on any atom is 0.252 e. The average molecular weight is 513 g/mol. The van der Waals surface area contributed by atoms with Gasteiger partial charge in [0.25, 0.3) is 8.32 Å². The van der Waals surface area contributed by atoms with Crippen LogP contribution in [0.2, 0.25) is 6.55 Å². The molecule has 0 saturated heterocycles. The molecule has 4 aromatic rings. The van der Waals surface area contributed by atoms with Crippen LogP contribution in [-0.4, -0.2) is 39.3 Å². The molecule has 1 atom stereocenters. The Hall–Kier alpha value is -3.38. The third-order valence-electron chi connectivity index (χ3n) is 6.48. The van der Waals surface area contributed by atoms with Crippen LogP contribution in [0.3, 0.4) is 0 Å². The van der Waals surface area contributed by atoms with Gasteiger partial charge < -0.3 is 19.0 Å². The monoisotopic (exact) mass is 512 g/mol. The van der Waals surface area contributed by atoms with Gasteiger partial charge in [-0.05, 0) is 66.5 Å². The Kier molecular flexibility index (Phi) is 9.55. The number of aryl methyl sites for hydroxylation is 2. The Labute approximate surface area is 221 Å². The van der Waals surface area contributed by atoms with Crippen molar-refractivity contribution in [3.05, 3.63) is 120 Å². The summed E-state index contributed by atoms with van der Waals surface area (Å²) in [5.41, 5.74) is 2.41. The highest BCUT2D eigenvalue weighted by Crippen LogP contribution is 2.16. The summed E-state index contributed by atoms with van der Waals surface area (Å²) in [6.45, 7) is 5.39. The molecule has 1 unspecified atom stereocenters. The molecule has 4 aromatic carbocycles. The molecule has 5 heteroatoms. The lowest BCUT2D eigenvalue weighted by Gasteiger charge is -2.28. The summed E-state index contributed by atoms with van der Waals surface area (Å²) in [7, 11) is -2.26. The minimum Gasteiger partial charge on any atom is -0.491 e. The van der Waals surface area contributed by atoms with Crippen molar-refractivity contribution in [1.29, 1.82) is 0 Å². The first kappa shape index (κ1) is 26.7. The van der Waals surface area contributed by atoms with Gasteiger partial charge in [-0.3, -0.25) is 0 Å². The van der Waals surface area contributed by atoms with Crippen molar-refractivity contribution >= 4 is 18.7 Å². The predicted octanol–water partition coefficient (Wildman–Crippen LogP) is 5.15. The maximum atomic E-state index is 10.2. The molecule has 0 spiro atoms. The number of benzene rings is 4. The molecule has 0 aromatic heterocycles. The van der Waals surface area contributed by atoms with E-state index in [1.165, 1.54) is 21.5 Å². The Bertz CT molecular complexity index is 1160. The van der Waals surface area contributed by atoms with Gasteiger partial charge in [0.15, 0.2) is 0 Å². The van der Waals surface area contributed by atoms with E-state index < -0.39 is 14.4 Å². The van der Waals surface area contributed by atoms with E-state index in [9.17, 15) is 5.11 Å². The summed E-state index contributed by atoms with van der Waals surface area (Å²) in [6, 6.07) is 37.0. The predicted molar refractivity (Wildman–Crippen MR) is 153 cm³/mol. The number of rotatable bonds is 13. The van der Waals surface area contributed by atoms with Gasteiger partial charge in [0.2, 0.25) is 0 Å². The van der Waals surface area contributed by atoms with E-state index in [4.69, 9.17) is 13.9 Å². The van der Waals surface area contributed by atoms with Crippen LogP contribution in [0.4, 0.5) is 0 Å². The van der Waals surface area contributed by atoms with E-state index in [-0.39, 0.29) is 13.2 Å². The second-order valence-electron chi connectivity index (χ2n) is 9.45. The van der Waals surface area contributed by atoms with Crippen molar-refractivity contribution < 1.29 is 19.0 Å². The summed E-state index contributed by atoms with van der Waals surface area (Å²) in [5, 5.41) is 12.8. The second-order valence-corrected chi connectivity index (χ2v) is 13.0. The molecule has 0 amide bonds. The largest absolute Gasteiger partial charge is 0.491 e. The van der Waals surface area contributed by atoms with Crippen LogP contribution >= 0.6 is 0 Å². The third kappa shape index (κ3) is 7.80. The van der Waals surface area contributed by atoms with E-state index >= 15 is 0 Å². The summed E-state index contributed by atoms with van der Waals surface area (Å²) in [5.74, 6) is 1.48. The molecule has 4 nitrogen and oxygen atoms in total.